The van der Waals surface area contributed by atoms with Crippen LogP contribution >= 0.6 is 0 Å². The third-order valence-electron chi connectivity index (χ3n) is 5.31. The van der Waals surface area contributed by atoms with Crippen LogP contribution in [-0.4, -0.2) is 38.9 Å². The van der Waals surface area contributed by atoms with Gasteiger partial charge in [-0.15, -0.1) is 0 Å². The van der Waals surface area contributed by atoms with Gasteiger partial charge < -0.3 is 10.1 Å². The smallest absolute Gasteiger partial charge is 0.211 e. The lowest BCUT2D eigenvalue weighted by atomic mass is 9.86. The van der Waals surface area contributed by atoms with E-state index in [1.807, 2.05) is 42.6 Å². The van der Waals surface area contributed by atoms with Gasteiger partial charge in [0.25, 0.3) is 0 Å². The van der Waals surface area contributed by atoms with Crippen LogP contribution in [0.1, 0.15) is 32.6 Å². The Morgan fingerprint density at radius 2 is 1.86 bits per heavy atom. The number of sulfonamides is 1. The molecule has 0 radical (unpaired) electrons. The van der Waals surface area contributed by atoms with Crippen LogP contribution in [0.25, 0.3) is 11.3 Å². The highest BCUT2D eigenvalue weighted by atomic mass is 32.2. The largest absolute Gasteiger partial charge is 0.496 e. The van der Waals surface area contributed by atoms with Crippen LogP contribution < -0.4 is 14.8 Å². The summed E-state index contributed by atoms with van der Waals surface area (Å²) in [4.78, 5) is 4.56. The molecule has 1 aliphatic rings. The summed E-state index contributed by atoms with van der Waals surface area (Å²) in [6, 6.07) is 12.0. The first-order valence-corrected chi connectivity index (χ1v) is 11.5. The number of hydrogen-bond acceptors (Lipinski definition) is 5. The summed E-state index contributed by atoms with van der Waals surface area (Å²) < 4.78 is 31.6. The van der Waals surface area contributed by atoms with Crippen LogP contribution in [0.2, 0.25) is 0 Å². The Hall–Kier alpha value is -2.12. The van der Waals surface area contributed by atoms with Crippen LogP contribution in [0.15, 0.2) is 42.6 Å². The summed E-state index contributed by atoms with van der Waals surface area (Å²) in [6.07, 6.45) is 5.70. The normalized spacial score (nSPS) is 19.9. The summed E-state index contributed by atoms with van der Waals surface area (Å²) in [5.41, 5.74) is 2.85. The van der Waals surface area contributed by atoms with E-state index in [1.54, 1.807) is 14.0 Å². The number of ether oxygens (including phenoxy) is 1. The molecule has 7 heteroatoms. The Labute approximate surface area is 167 Å². The van der Waals surface area contributed by atoms with Gasteiger partial charge in [-0.2, -0.15) is 0 Å². The van der Waals surface area contributed by atoms with E-state index >= 15 is 0 Å². The fraction of sp³-hybridized carbons (Fsp3) is 0.476. The van der Waals surface area contributed by atoms with E-state index in [2.05, 4.69) is 15.0 Å². The molecule has 152 valence electrons. The van der Waals surface area contributed by atoms with Gasteiger partial charge in [0.05, 0.1) is 30.4 Å². The second-order valence-electron chi connectivity index (χ2n) is 7.25. The van der Waals surface area contributed by atoms with Gasteiger partial charge in [0.1, 0.15) is 5.75 Å². The maximum atomic E-state index is 11.7. The highest BCUT2D eigenvalue weighted by Gasteiger charge is 2.24. The molecule has 0 aliphatic heterocycles. The molecular weight excluding hydrogens is 374 g/mol. The second-order valence-corrected chi connectivity index (χ2v) is 9.29. The summed E-state index contributed by atoms with van der Waals surface area (Å²) in [7, 11) is -1.44. The van der Waals surface area contributed by atoms with Crippen LogP contribution in [-0.2, 0) is 10.0 Å². The van der Waals surface area contributed by atoms with Crippen LogP contribution in [0.4, 0.5) is 5.69 Å². The number of aromatic nitrogens is 1. The monoisotopic (exact) mass is 403 g/mol. The first kappa shape index (κ1) is 20.6. The average Bonchev–Trinajstić information content (AvgIpc) is 2.73. The van der Waals surface area contributed by atoms with Crippen molar-refractivity contribution in [3.8, 4) is 17.0 Å². The van der Waals surface area contributed by atoms with Gasteiger partial charge in [-0.3, -0.25) is 4.98 Å². The predicted octanol–water partition coefficient (Wildman–Crippen LogP) is 3.67. The molecule has 0 amide bonds. The fourth-order valence-electron chi connectivity index (χ4n) is 3.60. The molecule has 1 heterocycles. The van der Waals surface area contributed by atoms with Crippen molar-refractivity contribution in [2.45, 2.75) is 38.6 Å². The van der Waals surface area contributed by atoms with Gasteiger partial charge in [0.2, 0.25) is 10.0 Å². The number of benzene rings is 1. The predicted molar refractivity (Wildman–Crippen MR) is 113 cm³/mol. The third-order valence-corrected chi connectivity index (χ3v) is 6.77. The van der Waals surface area contributed by atoms with Crippen molar-refractivity contribution in [2.75, 3.05) is 24.7 Å². The van der Waals surface area contributed by atoms with E-state index < -0.39 is 10.0 Å². The zero-order valence-electron chi connectivity index (χ0n) is 16.5. The third kappa shape index (κ3) is 5.45. The van der Waals surface area contributed by atoms with Crippen LogP contribution in [0.5, 0.6) is 5.75 Å². The van der Waals surface area contributed by atoms with Gasteiger partial charge >= 0.3 is 0 Å². The van der Waals surface area contributed by atoms with Crippen LogP contribution in [0, 0.1) is 5.92 Å². The minimum atomic E-state index is -3.11. The summed E-state index contributed by atoms with van der Waals surface area (Å²) >= 11 is 0. The van der Waals surface area contributed by atoms with Crippen molar-refractivity contribution in [1.82, 2.24) is 9.71 Å². The Morgan fingerprint density at radius 1 is 1.11 bits per heavy atom. The van der Waals surface area contributed by atoms with Crippen molar-refractivity contribution in [3.63, 3.8) is 0 Å². The Morgan fingerprint density at radius 3 is 2.50 bits per heavy atom. The Kier molecular flexibility index (Phi) is 6.91. The van der Waals surface area contributed by atoms with Gasteiger partial charge in [-0.05, 0) is 62.8 Å². The molecule has 1 aromatic heterocycles. The number of rotatable bonds is 8. The number of para-hydroxylation sites is 1. The highest BCUT2D eigenvalue weighted by molar-refractivity contribution is 7.89. The molecule has 1 saturated carbocycles. The molecule has 1 aliphatic carbocycles. The van der Waals surface area contributed by atoms with Crippen molar-refractivity contribution in [3.05, 3.63) is 42.6 Å². The second kappa shape index (κ2) is 9.39. The molecule has 0 bridgehead atoms. The SMILES string of the molecule is CCS(=O)(=O)NC1CCC(CNc2ccc(-c3ccccc3OC)nc2)CC1. The lowest BCUT2D eigenvalue weighted by Gasteiger charge is -2.29. The minimum absolute atomic E-state index is 0.0861. The molecular formula is C21H29N3O3S. The molecule has 6 nitrogen and oxygen atoms in total. The quantitative estimate of drug-likeness (QED) is 0.703. The van der Waals surface area contributed by atoms with E-state index in [9.17, 15) is 8.42 Å². The van der Waals surface area contributed by atoms with E-state index in [0.717, 1.165) is 54.9 Å². The lowest BCUT2D eigenvalue weighted by Crippen LogP contribution is -2.39. The first-order chi connectivity index (χ1) is 13.5. The maximum Gasteiger partial charge on any atom is 0.211 e. The molecule has 0 saturated heterocycles. The number of anilines is 1. The zero-order chi connectivity index (χ0) is 20.0. The van der Waals surface area contributed by atoms with Crippen LogP contribution in [0.3, 0.4) is 0 Å². The first-order valence-electron chi connectivity index (χ1n) is 9.84. The number of pyridine rings is 1. The molecule has 3 rings (SSSR count). The highest BCUT2D eigenvalue weighted by Crippen LogP contribution is 2.29. The van der Waals surface area contributed by atoms with E-state index in [1.165, 1.54) is 0 Å². The summed E-state index contributed by atoms with van der Waals surface area (Å²) in [5, 5.41) is 3.46. The topological polar surface area (TPSA) is 80.3 Å². The summed E-state index contributed by atoms with van der Waals surface area (Å²) in [5.74, 6) is 1.51. The molecule has 1 fully saturated rings. The molecule has 28 heavy (non-hydrogen) atoms. The average molecular weight is 404 g/mol. The van der Waals surface area contributed by atoms with E-state index in [4.69, 9.17) is 4.74 Å². The fourth-order valence-corrected chi connectivity index (χ4v) is 4.51. The van der Waals surface area contributed by atoms with Gasteiger partial charge in [0, 0.05) is 18.2 Å². The van der Waals surface area contributed by atoms with Crippen molar-refractivity contribution in [2.24, 2.45) is 5.92 Å². The molecule has 0 spiro atoms. The number of hydrogen-bond donors (Lipinski definition) is 2. The molecule has 0 atom stereocenters. The molecule has 0 unspecified atom stereocenters. The van der Waals surface area contributed by atoms with Crippen molar-refractivity contribution < 1.29 is 13.2 Å². The van der Waals surface area contributed by atoms with E-state index in [0.29, 0.717) is 5.92 Å². The van der Waals surface area contributed by atoms with Gasteiger partial charge in [-0.1, -0.05) is 12.1 Å². The molecule has 2 N–H and O–H groups in total. The van der Waals surface area contributed by atoms with Gasteiger partial charge in [-0.25, -0.2) is 13.1 Å². The standard InChI is InChI=1S/C21H29N3O3S/c1-3-28(25,26)24-17-10-8-16(9-11-17)14-22-18-12-13-20(23-15-18)19-6-4-5-7-21(19)27-2/h4-7,12-13,15-17,22,24H,3,8-11,14H2,1-2H3. The lowest BCUT2D eigenvalue weighted by molar-refractivity contribution is 0.324. The minimum Gasteiger partial charge on any atom is -0.496 e. The molecule has 1 aromatic carbocycles. The number of methoxy groups -OCH3 is 1. The Bertz CT molecular complexity index is 861. The Balaban J connectivity index is 1.50. The van der Waals surface area contributed by atoms with E-state index in [-0.39, 0.29) is 11.8 Å². The zero-order valence-corrected chi connectivity index (χ0v) is 17.3. The number of nitrogens with zero attached hydrogens (tertiary/aromatic N) is 1. The van der Waals surface area contributed by atoms with Crippen molar-refractivity contribution in [1.29, 1.82) is 0 Å². The molecule has 2 aromatic rings. The van der Waals surface area contributed by atoms with Gasteiger partial charge in [0.15, 0.2) is 0 Å². The maximum absolute atomic E-state index is 11.7. The number of nitrogens with one attached hydrogen (secondary N) is 2. The summed E-state index contributed by atoms with van der Waals surface area (Å²) in [6.45, 7) is 2.55. The van der Waals surface area contributed by atoms with Crippen molar-refractivity contribution >= 4 is 15.7 Å².